The Morgan fingerprint density at radius 1 is 1.15 bits per heavy atom. The molecular formula is C15H22ClNO3. The van der Waals surface area contributed by atoms with Gasteiger partial charge >= 0.3 is 5.97 Å². The zero-order valence-corrected chi connectivity index (χ0v) is 12.7. The number of esters is 1. The molecule has 1 aliphatic rings. The van der Waals surface area contributed by atoms with E-state index in [0.29, 0.717) is 12.4 Å². The summed E-state index contributed by atoms with van der Waals surface area (Å²) in [4.78, 5) is 13.6. The van der Waals surface area contributed by atoms with E-state index in [1.54, 1.807) is 6.92 Å². The summed E-state index contributed by atoms with van der Waals surface area (Å²) in [6.07, 6.45) is 3.86. The lowest BCUT2D eigenvalue weighted by Crippen LogP contribution is -2.29. The third kappa shape index (κ3) is 4.93. The van der Waals surface area contributed by atoms with Crippen molar-refractivity contribution in [3.63, 3.8) is 0 Å². The van der Waals surface area contributed by atoms with E-state index in [9.17, 15) is 4.79 Å². The summed E-state index contributed by atoms with van der Waals surface area (Å²) >= 11 is 0. The van der Waals surface area contributed by atoms with Crippen molar-refractivity contribution in [3.05, 3.63) is 24.3 Å². The van der Waals surface area contributed by atoms with Crippen LogP contribution in [0.15, 0.2) is 24.3 Å². The van der Waals surface area contributed by atoms with Crippen LogP contribution in [0.3, 0.4) is 0 Å². The lowest BCUT2D eigenvalue weighted by atomic mass is 10.1. The molecule has 0 aromatic heterocycles. The molecule has 4 nitrogen and oxygen atoms in total. The van der Waals surface area contributed by atoms with Gasteiger partial charge in [0.2, 0.25) is 0 Å². The molecule has 2 rings (SSSR count). The zero-order chi connectivity index (χ0) is 13.5. The predicted molar refractivity (Wildman–Crippen MR) is 81.9 cm³/mol. The number of nitrogens with zero attached hydrogens (tertiary/aromatic N) is 1. The number of anilines is 1. The predicted octanol–water partition coefficient (Wildman–Crippen LogP) is 3.04. The van der Waals surface area contributed by atoms with Gasteiger partial charge in [0.25, 0.3) is 0 Å². The molecule has 1 aromatic rings. The van der Waals surface area contributed by atoms with Crippen LogP contribution < -0.4 is 9.64 Å². The van der Waals surface area contributed by atoms with Crippen LogP contribution in [0.25, 0.3) is 0 Å². The van der Waals surface area contributed by atoms with Gasteiger partial charge in [-0.1, -0.05) is 0 Å². The van der Waals surface area contributed by atoms with Gasteiger partial charge in [-0.25, -0.2) is 4.79 Å². The van der Waals surface area contributed by atoms with Crippen LogP contribution in [0.4, 0.5) is 5.69 Å². The Balaban J connectivity index is 0.00000200. The maximum atomic E-state index is 11.2. The fraction of sp³-hybridized carbons (Fsp3) is 0.533. The Morgan fingerprint density at radius 2 is 1.80 bits per heavy atom. The minimum atomic E-state index is -0.331. The second-order valence-electron chi connectivity index (χ2n) is 4.64. The third-order valence-electron chi connectivity index (χ3n) is 3.22. The first-order valence-electron chi connectivity index (χ1n) is 6.93. The van der Waals surface area contributed by atoms with Crippen molar-refractivity contribution < 1.29 is 14.3 Å². The molecule has 1 saturated heterocycles. The van der Waals surface area contributed by atoms with Crippen molar-refractivity contribution in [2.45, 2.75) is 26.2 Å². The molecule has 1 aromatic carbocycles. The highest BCUT2D eigenvalue weighted by molar-refractivity contribution is 5.85. The van der Waals surface area contributed by atoms with Gasteiger partial charge in [-0.2, -0.15) is 0 Å². The summed E-state index contributed by atoms with van der Waals surface area (Å²) in [5.74, 6) is 0.372. The summed E-state index contributed by atoms with van der Waals surface area (Å²) in [7, 11) is 0. The van der Waals surface area contributed by atoms with Crippen LogP contribution in [0.1, 0.15) is 26.2 Å². The molecule has 5 heteroatoms. The Kier molecular flexibility index (Phi) is 7.23. The van der Waals surface area contributed by atoms with Crippen molar-refractivity contribution in [1.29, 1.82) is 0 Å². The minimum absolute atomic E-state index is 0. The van der Waals surface area contributed by atoms with Crippen LogP contribution in [-0.4, -0.2) is 32.3 Å². The maximum Gasteiger partial charge on any atom is 0.344 e. The largest absolute Gasteiger partial charge is 0.482 e. The number of ether oxygens (including phenoxy) is 2. The molecule has 0 saturated carbocycles. The van der Waals surface area contributed by atoms with Crippen molar-refractivity contribution in [3.8, 4) is 5.75 Å². The van der Waals surface area contributed by atoms with E-state index in [1.165, 1.54) is 24.9 Å². The lowest BCUT2D eigenvalue weighted by Gasteiger charge is -2.28. The van der Waals surface area contributed by atoms with E-state index in [2.05, 4.69) is 4.90 Å². The van der Waals surface area contributed by atoms with Crippen molar-refractivity contribution >= 4 is 24.1 Å². The normalized spacial score (nSPS) is 14.3. The highest BCUT2D eigenvalue weighted by atomic mass is 35.5. The quantitative estimate of drug-likeness (QED) is 0.783. The smallest absolute Gasteiger partial charge is 0.344 e. The summed E-state index contributed by atoms with van der Waals surface area (Å²) in [5, 5.41) is 0. The standard InChI is InChI=1S/C15H21NO3.ClH/c1-2-18-15(17)12-19-14-8-6-13(7-9-14)16-10-4-3-5-11-16;/h6-9H,2-5,10-12H2,1H3;1H. The number of piperidine rings is 1. The number of carbonyl (C=O) groups excluding carboxylic acids is 1. The highest BCUT2D eigenvalue weighted by Gasteiger charge is 2.10. The average molecular weight is 300 g/mol. The SMILES string of the molecule is CCOC(=O)COc1ccc(N2CCCCC2)cc1.Cl. The second-order valence-corrected chi connectivity index (χ2v) is 4.64. The highest BCUT2D eigenvalue weighted by Crippen LogP contribution is 2.22. The van der Waals surface area contributed by atoms with Gasteiger partial charge < -0.3 is 14.4 Å². The van der Waals surface area contributed by atoms with Crippen LogP contribution in [0.2, 0.25) is 0 Å². The van der Waals surface area contributed by atoms with Gasteiger partial charge in [0.05, 0.1) is 6.61 Å². The fourth-order valence-corrected chi connectivity index (χ4v) is 2.25. The molecule has 1 aliphatic heterocycles. The van der Waals surface area contributed by atoms with Crippen molar-refractivity contribution in [1.82, 2.24) is 0 Å². The van der Waals surface area contributed by atoms with E-state index >= 15 is 0 Å². The molecule has 0 amide bonds. The molecule has 0 N–H and O–H groups in total. The topological polar surface area (TPSA) is 38.8 Å². The third-order valence-corrected chi connectivity index (χ3v) is 3.22. The molecule has 0 radical (unpaired) electrons. The molecule has 0 atom stereocenters. The molecule has 1 heterocycles. The summed E-state index contributed by atoms with van der Waals surface area (Å²) in [6.45, 7) is 4.39. The fourth-order valence-electron chi connectivity index (χ4n) is 2.25. The Hall–Kier alpha value is -1.42. The lowest BCUT2D eigenvalue weighted by molar-refractivity contribution is -0.145. The van der Waals surface area contributed by atoms with Gasteiger partial charge in [0, 0.05) is 18.8 Å². The van der Waals surface area contributed by atoms with Crippen LogP contribution in [-0.2, 0) is 9.53 Å². The number of halogens is 1. The van der Waals surface area contributed by atoms with Crippen LogP contribution in [0.5, 0.6) is 5.75 Å². The number of hydrogen-bond donors (Lipinski definition) is 0. The number of carbonyl (C=O) groups is 1. The number of rotatable bonds is 5. The van der Waals surface area contributed by atoms with Crippen molar-refractivity contribution in [2.75, 3.05) is 31.2 Å². The zero-order valence-electron chi connectivity index (χ0n) is 11.8. The van der Waals surface area contributed by atoms with E-state index in [0.717, 1.165) is 13.1 Å². The van der Waals surface area contributed by atoms with E-state index < -0.39 is 0 Å². The average Bonchev–Trinajstić information content (AvgIpc) is 2.47. The van der Waals surface area contributed by atoms with Gasteiger partial charge in [-0.05, 0) is 50.5 Å². The Bertz CT molecular complexity index is 402. The van der Waals surface area contributed by atoms with E-state index in [1.807, 2.05) is 24.3 Å². The molecule has 112 valence electrons. The molecule has 20 heavy (non-hydrogen) atoms. The monoisotopic (exact) mass is 299 g/mol. The second kappa shape index (κ2) is 8.69. The van der Waals surface area contributed by atoms with Gasteiger partial charge in [0.1, 0.15) is 5.75 Å². The summed E-state index contributed by atoms with van der Waals surface area (Å²) in [6, 6.07) is 7.91. The molecular weight excluding hydrogens is 278 g/mol. The molecule has 1 fully saturated rings. The van der Waals surface area contributed by atoms with Crippen molar-refractivity contribution in [2.24, 2.45) is 0 Å². The van der Waals surface area contributed by atoms with Crippen LogP contribution in [0, 0.1) is 0 Å². The van der Waals surface area contributed by atoms with Gasteiger partial charge in [0.15, 0.2) is 6.61 Å². The Morgan fingerprint density at radius 3 is 2.40 bits per heavy atom. The Labute approximate surface area is 126 Å². The van der Waals surface area contributed by atoms with E-state index in [-0.39, 0.29) is 25.0 Å². The summed E-state index contributed by atoms with van der Waals surface area (Å²) < 4.78 is 10.2. The molecule has 0 bridgehead atoms. The first-order chi connectivity index (χ1) is 9.29. The molecule has 0 unspecified atom stereocenters. The van der Waals surface area contributed by atoms with E-state index in [4.69, 9.17) is 9.47 Å². The first kappa shape index (κ1) is 16.6. The van der Waals surface area contributed by atoms with Gasteiger partial charge in [-0.15, -0.1) is 12.4 Å². The van der Waals surface area contributed by atoms with Crippen LogP contribution >= 0.6 is 12.4 Å². The summed E-state index contributed by atoms with van der Waals surface area (Å²) in [5.41, 5.74) is 1.23. The number of benzene rings is 1. The maximum absolute atomic E-state index is 11.2. The van der Waals surface area contributed by atoms with Gasteiger partial charge in [-0.3, -0.25) is 0 Å². The first-order valence-corrected chi connectivity index (χ1v) is 6.93. The number of hydrogen-bond acceptors (Lipinski definition) is 4. The molecule has 0 spiro atoms. The minimum Gasteiger partial charge on any atom is -0.482 e. The molecule has 0 aliphatic carbocycles.